The summed E-state index contributed by atoms with van der Waals surface area (Å²) in [7, 11) is 0. The third-order valence-electron chi connectivity index (χ3n) is 2.62. The molecule has 0 aliphatic carbocycles. The van der Waals surface area contributed by atoms with E-state index in [0.717, 1.165) is 22.0 Å². The largest absolute Gasteiger partial charge is 0.477 e. The van der Waals surface area contributed by atoms with E-state index < -0.39 is 11.5 Å². The number of benzene rings is 1. The van der Waals surface area contributed by atoms with Crippen LogP contribution in [0.2, 0.25) is 5.02 Å². The Kier molecular flexibility index (Phi) is 3.00. The number of aromatic carboxylic acids is 1. The molecule has 2 rings (SSSR count). The molecule has 1 heterocycles. The van der Waals surface area contributed by atoms with Crippen molar-refractivity contribution >= 4 is 17.6 Å². The van der Waals surface area contributed by atoms with Gasteiger partial charge >= 0.3 is 5.97 Å². The minimum absolute atomic E-state index is 0.314. The molecule has 6 heteroatoms. The molecule has 0 aliphatic rings. The summed E-state index contributed by atoms with van der Waals surface area (Å²) in [6.07, 6.45) is 1.15. The van der Waals surface area contributed by atoms with E-state index in [-0.39, 0.29) is 5.56 Å². The molecule has 0 amide bonds. The van der Waals surface area contributed by atoms with Crippen molar-refractivity contribution in [3.8, 4) is 5.69 Å². The number of H-pyrrole nitrogens is 1. The Labute approximate surface area is 108 Å². The standard InChI is InChI=1S/C12H11ClN2O3/c1-6-3-7(2)10(9(13)4-6)15-11(16)8(5-14-15)12(17)18/h3-5,14H,1-2H3,(H,17,18). The Morgan fingerprint density at radius 2 is 2.06 bits per heavy atom. The number of nitrogens with zero attached hydrogens (tertiary/aromatic N) is 1. The zero-order chi connectivity index (χ0) is 13.4. The van der Waals surface area contributed by atoms with E-state index in [2.05, 4.69) is 5.10 Å². The molecule has 0 saturated heterocycles. The van der Waals surface area contributed by atoms with Crippen LogP contribution in [0.5, 0.6) is 0 Å². The monoisotopic (exact) mass is 266 g/mol. The molecule has 0 fully saturated rings. The number of aromatic amines is 1. The third-order valence-corrected chi connectivity index (χ3v) is 2.91. The van der Waals surface area contributed by atoms with Crippen molar-refractivity contribution < 1.29 is 9.90 Å². The number of halogens is 1. The number of carboxylic acids is 1. The molecular formula is C12H11ClN2O3. The molecule has 0 unspecified atom stereocenters. The lowest BCUT2D eigenvalue weighted by atomic mass is 10.1. The van der Waals surface area contributed by atoms with Gasteiger partial charge in [-0.1, -0.05) is 17.7 Å². The number of carbonyl (C=O) groups is 1. The van der Waals surface area contributed by atoms with Gasteiger partial charge in [0, 0.05) is 6.20 Å². The van der Waals surface area contributed by atoms with Gasteiger partial charge in [-0.05, 0) is 31.0 Å². The fourth-order valence-electron chi connectivity index (χ4n) is 1.88. The lowest BCUT2D eigenvalue weighted by molar-refractivity contribution is 0.0695. The van der Waals surface area contributed by atoms with Gasteiger partial charge in [0.1, 0.15) is 5.56 Å². The summed E-state index contributed by atoms with van der Waals surface area (Å²) in [5.41, 5.74) is 1.29. The predicted molar refractivity (Wildman–Crippen MR) is 67.8 cm³/mol. The van der Waals surface area contributed by atoms with Crippen LogP contribution in [0.3, 0.4) is 0 Å². The summed E-state index contributed by atoms with van der Waals surface area (Å²) in [5, 5.41) is 11.9. The van der Waals surface area contributed by atoms with E-state index >= 15 is 0 Å². The van der Waals surface area contributed by atoms with Gasteiger partial charge in [-0.25, -0.2) is 9.48 Å². The highest BCUT2D eigenvalue weighted by molar-refractivity contribution is 6.32. The normalized spacial score (nSPS) is 10.6. The fourth-order valence-corrected chi connectivity index (χ4v) is 2.29. The van der Waals surface area contributed by atoms with E-state index in [1.165, 1.54) is 0 Å². The molecule has 5 nitrogen and oxygen atoms in total. The maximum Gasteiger partial charge on any atom is 0.342 e. The highest BCUT2D eigenvalue weighted by Crippen LogP contribution is 2.24. The Balaban J connectivity index is 2.71. The number of rotatable bonds is 2. The van der Waals surface area contributed by atoms with Crippen LogP contribution in [-0.2, 0) is 0 Å². The average Bonchev–Trinajstić information content (AvgIpc) is 2.59. The summed E-state index contributed by atoms with van der Waals surface area (Å²) in [6.45, 7) is 3.70. The van der Waals surface area contributed by atoms with Crippen LogP contribution in [0.1, 0.15) is 21.5 Å². The summed E-state index contributed by atoms with van der Waals surface area (Å²) < 4.78 is 1.14. The Morgan fingerprint density at radius 3 is 2.56 bits per heavy atom. The molecule has 0 spiro atoms. The molecule has 0 aliphatic heterocycles. The molecule has 0 radical (unpaired) electrons. The van der Waals surface area contributed by atoms with Crippen molar-refractivity contribution in [2.24, 2.45) is 0 Å². The lowest BCUT2D eigenvalue weighted by Crippen LogP contribution is -2.21. The number of hydrogen-bond donors (Lipinski definition) is 2. The number of hydrogen-bond acceptors (Lipinski definition) is 2. The zero-order valence-corrected chi connectivity index (χ0v) is 10.6. The summed E-state index contributed by atoms with van der Waals surface area (Å²) in [4.78, 5) is 22.7. The highest BCUT2D eigenvalue weighted by atomic mass is 35.5. The first-order valence-electron chi connectivity index (χ1n) is 5.22. The molecule has 0 saturated carbocycles. The second-order valence-electron chi connectivity index (χ2n) is 4.05. The van der Waals surface area contributed by atoms with E-state index in [1.807, 2.05) is 19.9 Å². The first-order valence-corrected chi connectivity index (χ1v) is 5.60. The fraction of sp³-hybridized carbons (Fsp3) is 0.167. The number of aromatic nitrogens is 2. The van der Waals surface area contributed by atoms with Gasteiger partial charge in [0.05, 0.1) is 10.7 Å². The molecule has 1 aromatic heterocycles. The number of nitrogens with one attached hydrogen (secondary N) is 1. The second kappa shape index (κ2) is 4.34. The van der Waals surface area contributed by atoms with E-state index in [0.29, 0.717) is 10.7 Å². The van der Waals surface area contributed by atoms with Gasteiger partial charge in [0.2, 0.25) is 0 Å². The summed E-state index contributed by atoms with van der Waals surface area (Å²) >= 11 is 6.10. The maximum absolute atomic E-state index is 11.9. The van der Waals surface area contributed by atoms with E-state index in [1.54, 1.807) is 6.07 Å². The molecule has 2 N–H and O–H groups in total. The topological polar surface area (TPSA) is 75.1 Å². The van der Waals surface area contributed by atoms with Gasteiger partial charge in [-0.15, -0.1) is 0 Å². The van der Waals surface area contributed by atoms with Crippen molar-refractivity contribution in [3.05, 3.63) is 50.4 Å². The third kappa shape index (κ3) is 1.93. The smallest absolute Gasteiger partial charge is 0.342 e. The minimum atomic E-state index is -1.27. The lowest BCUT2D eigenvalue weighted by Gasteiger charge is -2.09. The first kappa shape index (κ1) is 12.4. The second-order valence-corrected chi connectivity index (χ2v) is 4.45. The minimum Gasteiger partial charge on any atom is -0.477 e. The predicted octanol–water partition coefficient (Wildman–Crippen LogP) is 2.13. The molecule has 18 heavy (non-hydrogen) atoms. The van der Waals surface area contributed by atoms with Crippen LogP contribution in [0.15, 0.2) is 23.1 Å². The SMILES string of the molecule is Cc1cc(C)c(-n2[nH]cc(C(=O)O)c2=O)c(Cl)c1. The van der Waals surface area contributed by atoms with E-state index in [4.69, 9.17) is 16.7 Å². The highest BCUT2D eigenvalue weighted by Gasteiger charge is 2.17. The Morgan fingerprint density at radius 1 is 1.39 bits per heavy atom. The van der Waals surface area contributed by atoms with Crippen LogP contribution < -0.4 is 5.56 Å². The molecule has 0 atom stereocenters. The summed E-state index contributed by atoms with van der Waals surface area (Å²) in [5.74, 6) is -1.27. The summed E-state index contributed by atoms with van der Waals surface area (Å²) in [6, 6.07) is 3.59. The molecule has 0 bridgehead atoms. The van der Waals surface area contributed by atoms with Gasteiger partial charge in [0.25, 0.3) is 5.56 Å². The van der Waals surface area contributed by atoms with Gasteiger partial charge in [-0.3, -0.25) is 9.89 Å². The first-order chi connectivity index (χ1) is 8.41. The van der Waals surface area contributed by atoms with Crippen LogP contribution in [-0.4, -0.2) is 20.9 Å². The van der Waals surface area contributed by atoms with Gasteiger partial charge in [0.15, 0.2) is 0 Å². The quantitative estimate of drug-likeness (QED) is 0.874. The van der Waals surface area contributed by atoms with Crippen LogP contribution >= 0.6 is 11.6 Å². The Hall–Kier alpha value is -2.01. The molecule has 1 aromatic carbocycles. The number of aryl methyl sites for hydroxylation is 2. The van der Waals surface area contributed by atoms with Crippen LogP contribution in [0, 0.1) is 13.8 Å². The van der Waals surface area contributed by atoms with Gasteiger partial charge < -0.3 is 5.11 Å². The average molecular weight is 267 g/mol. The van der Waals surface area contributed by atoms with Crippen molar-refractivity contribution in [1.29, 1.82) is 0 Å². The van der Waals surface area contributed by atoms with Crippen LogP contribution in [0.25, 0.3) is 5.69 Å². The van der Waals surface area contributed by atoms with Crippen molar-refractivity contribution in [2.45, 2.75) is 13.8 Å². The van der Waals surface area contributed by atoms with Crippen molar-refractivity contribution in [3.63, 3.8) is 0 Å². The van der Waals surface area contributed by atoms with Crippen molar-refractivity contribution in [2.75, 3.05) is 0 Å². The van der Waals surface area contributed by atoms with Gasteiger partial charge in [-0.2, -0.15) is 0 Å². The molecule has 2 aromatic rings. The zero-order valence-electron chi connectivity index (χ0n) is 9.82. The molecule has 94 valence electrons. The molecular weight excluding hydrogens is 256 g/mol. The maximum atomic E-state index is 11.9. The van der Waals surface area contributed by atoms with E-state index in [9.17, 15) is 9.59 Å². The van der Waals surface area contributed by atoms with Crippen LogP contribution in [0.4, 0.5) is 0 Å². The Bertz CT molecular complexity index is 662. The number of carboxylic acid groups (broad SMARTS) is 1. The van der Waals surface area contributed by atoms with Crippen molar-refractivity contribution in [1.82, 2.24) is 9.78 Å².